The van der Waals surface area contributed by atoms with Gasteiger partial charge in [0.25, 0.3) is 5.91 Å². The van der Waals surface area contributed by atoms with E-state index in [0.717, 1.165) is 16.8 Å². The summed E-state index contributed by atoms with van der Waals surface area (Å²) in [5.41, 5.74) is 3.33. The maximum absolute atomic E-state index is 12.1. The summed E-state index contributed by atoms with van der Waals surface area (Å²) in [6.45, 7) is 5.36. The fourth-order valence-corrected chi connectivity index (χ4v) is 2.21. The molecule has 1 heterocycles. The molecule has 0 fully saturated rings. The molecule has 8 heteroatoms. The average Bonchev–Trinajstić information content (AvgIpc) is 2.94. The van der Waals surface area contributed by atoms with Gasteiger partial charge in [-0.1, -0.05) is 17.7 Å². The molecule has 2 aromatic rings. The lowest BCUT2D eigenvalue weighted by molar-refractivity contribution is -0.124. The Labute approximate surface area is 145 Å². The molecule has 25 heavy (non-hydrogen) atoms. The van der Waals surface area contributed by atoms with Crippen molar-refractivity contribution in [3.63, 3.8) is 0 Å². The Balaban J connectivity index is 2.05. The van der Waals surface area contributed by atoms with E-state index < -0.39 is 18.5 Å². The van der Waals surface area contributed by atoms with Gasteiger partial charge in [0.1, 0.15) is 0 Å². The molecule has 0 aliphatic heterocycles. The van der Waals surface area contributed by atoms with E-state index in [0.29, 0.717) is 5.69 Å². The van der Waals surface area contributed by atoms with Gasteiger partial charge < -0.3 is 10.1 Å². The third-order valence-electron chi connectivity index (χ3n) is 3.44. The van der Waals surface area contributed by atoms with Crippen LogP contribution < -0.4 is 5.32 Å². The van der Waals surface area contributed by atoms with E-state index in [4.69, 9.17) is 10.00 Å². The number of hydrogen-bond acceptors (Lipinski definition) is 6. The zero-order valence-electron chi connectivity index (χ0n) is 14.4. The number of hydrogen-bond donors (Lipinski definition) is 1. The minimum atomic E-state index is -0.719. The van der Waals surface area contributed by atoms with Crippen LogP contribution >= 0.6 is 0 Å². The average molecular weight is 341 g/mol. The lowest BCUT2D eigenvalue weighted by atomic mass is 10.1. The van der Waals surface area contributed by atoms with Gasteiger partial charge in [-0.25, -0.2) is 4.79 Å². The molecular formula is C17H19N5O3. The fourth-order valence-electron chi connectivity index (χ4n) is 2.21. The van der Waals surface area contributed by atoms with Gasteiger partial charge in [0.2, 0.25) is 0 Å². The van der Waals surface area contributed by atoms with Crippen molar-refractivity contribution in [3.05, 3.63) is 40.7 Å². The Kier molecular flexibility index (Phi) is 5.84. The zero-order valence-corrected chi connectivity index (χ0v) is 14.4. The van der Waals surface area contributed by atoms with Crippen LogP contribution in [-0.4, -0.2) is 40.0 Å². The highest BCUT2D eigenvalue weighted by Gasteiger charge is 2.19. The highest BCUT2D eigenvalue weighted by molar-refractivity contribution is 5.90. The van der Waals surface area contributed by atoms with E-state index >= 15 is 0 Å². The van der Waals surface area contributed by atoms with Gasteiger partial charge in [-0.2, -0.15) is 15.2 Å². The first-order valence-electron chi connectivity index (χ1n) is 7.74. The Morgan fingerprint density at radius 2 is 2.04 bits per heavy atom. The number of amides is 1. The zero-order chi connectivity index (χ0) is 18.4. The summed E-state index contributed by atoms with van der Waals surface area (Å²) in [4.78, 5) is 25.0. The number of nitrogens with one attached hydrogen (secondary N) is 1. The first-order chi connectivity index (χ1) is 11.9. The number of rotatable bonds is 6. The van der Waals surface area contributed by atoms with Crippen molar-refractivity contribution in [2.24, 2.45) is 0 Å². The molecule has 1 N–H and O–H groups in total. The van der Waals surface area contributed by atoms with Gasteiger partial charge in [0, 0.05) is 6.54 Å². The molecule has 1 aromatic heterocycles. The molecular weight excluding hydrogens is 322 g/mol. The van der Waals surface area contributed by atoms with E-state index in [-0.39, 0.29) is 18.7 Å². The molecule has 0 unspecified atom stereocenters. The quantitative estimate of drug-likeness (QED) is 0.628. The number of carbonyl (C=O) groups excluding carboxylic acids is 2. The number of carbonyl (C=O) groups is 2. The van der Waals surface area contributed by atoms with Crippen molar-refractivity contribution in [1.82, 2.24) is 20.3 Å². The van der Waals surface area contributed by atoms with Crippen molar-refractivity contribution in [2.45, 2.75) is 27.2 Å². The summed E-state index contributed by atoms with van der Waals surface area (Å²) in [6, 6.07) is 7.71. The van der Waals surface area contributed by atoms with Gasteiger partial charge >= 0.3 is 5.97 Å². The van der Waals surface area contributed by atoms with Crippen LogP contribution in [0.2, 0.25) is 0 Å². The topological polar surface area (TPSA) is 110 Å². The van der Waals surface area contributed by atoms with Crippen molar-refractivity contribution < 1.29 is 14.3 Å². The van der Waals surface area contributed by atoms with Crippen LogP contribution in [0, 0.1) is 32.1 Å². The second kappa shape index (κ2) is 8.06. The maximum atomic E-state index is 12.1. The largest absolute Gasteiger partial charge is 0.451 e. The fraction of sp³-hybridized carbons (Fsp3) is 0.353. The van der Waals surface area contributed by atoms with Crippen LogP contribution in [0.15, 0.2) is 18.2 Å². The molecule has 0 radical (unpaired) electrons. The molecule has 1 aromatic carbocycles. The summed E-state index contributed by atoms with van der Waals surface area (Å²) >= 11 is 0. The number of nitriles is 1. The Bertz CT molecular complexity index is 835. The summed E-state index contributed by atoms with van der Waals surface area (Å²) < 4.78 is 4.95. The molecule has 8 nitrogen and oxygen atoms in total. The van der Waals surface area contributed by atoms with E-state index in [1.54, 1.807) is 6.92 Å². The van der Waals surface area contributed by atoms with Crippen LogP contribution in [0.1, 0.15) is 33.7 Å². The first-order valence-corrected chi connectivity index (χ1v) is 7.74. The minimum absolute atomic E-state index is 0.0600. The predicted octanol–water partition coefficient (Wildman–Crippen LogP) is 1.38. The number of ether oxygens (including phenoxy) is 1. The molecule has 0 bridgehead atoms. The van der Waals surface area contributed by atoms with Crippen molar-refractivity contribution in [1.29, 1.82) is 5.26 Å². The molecule has 1 amide bonds. The molecule has 0 aliphatic carbocycles. The second-order valence-corrected chi connectivity index (χ2v) is 5.55. The van der Waals surface area contributed by atoms with Crippen LogP contribution in [-0.2, 0) is 9.53 Å². The van der Waals surface area contributed by atoms with Crippen molar-refractivity contribution in [3.8, 4) is 11.8 Å². The predicted molar refractivity (Wildman–Crippen MR) is 89.1 cm³/mol. The first kappa shape index (κ1) is 18.1. The lowest BCUT2D eigenvalue weighted by Gasteiger charge is -2.05. The minimum Gasteiger partial charge on any atom is -0.451 e. The van der Waals surface area contributed by atoms with Crippen LogP contribution in [0.25, 0.3) is 5.69 Å². The molecule has 2 rings (SSSR count). The van der Waals surface area contributed by atoms with Crippen molar-refractivity contribution >= 4 is 11.9 Å². The highest BCUT2D eigenvalue weighted by Crippen LogP contribution is 2.15. The highest BCUT2D eigenvalue weighted by atomic mass is 16.5. The van der Waals surface area contributed by atoms with Crippen LogP contribution in [0.5, 0.6) is 0 Å². The smallest absolute Gasteiger partial charge is 0.361 e. The number of esters is 1. The normalized spacial score (nSPS) is 10.2. The summed E-state index contributed by atoms with van der Waals surface area (Å²) in [7, 11) is 0. The third-order valence-corrected chi connectivity index (χ3v) is 3.44. The summed E-state index contributed by atoms with van der Waals surface area (Å²) in [5, 5.41) is 19.3. The van der Waals surface area contributed by atoms with E-state index in [2.05, 4.69) is 15.5 Å². The Hall–Kier alpha value is -3.21. The van der Waals surface area contributed by atoms with Gasteiger partial charge in [0.15, 0.2) is 12.3 Å². The van der Waals surface area contributed by atoms with Crippen LogP contribution in [0.4, 0.5) is 0 Å². The molecule has 130 valence electrons. The number of aryl methyl sites for hydroxylation is 3. The number of benzene rings is 1. The molecule has 0 spiro atoms. The SMILES string of the molecule is Cc1ccc(-n2nc(C)c(C(=O)OCC(=O)NCCC#N)n2)c(C)c1. The van der Waals surface area contributed by atoms with Gasteiger partial charge in [-0.3, -0.25) is 4.79 Å². The van der Waals surface area contributed by atoms with Gasteiger partial charge in [-0.05, 0) is 32.4 Å². The van der Waals surface area contributed by atoms with Crippen LogP contribution in [0.3, 0.4) is 0 Å². The lowest BCUT2D eigenvalue weighted by Crippen LogP contribution is -2.29. The number of nitrogens with zero attached hydrogens (tertiary/aromatic N) is 4. The van der Waals surface area contributed by atoms with E-state index in [1.165, 1.54) is 4.80 Å². The van der Waals surface area contributed by atoms with Gasteiger partial charge in [-0.15, -0.1) is 5.10 Å². The standard InChI is InChI=1S/C17H19N5O3/c1-11-5-6-14(12(2)9-11)22-20-13(3)16(21-22)17(24)25-10-15(23)19-8-4-7-18/h5-6,9H,4,8,10H2,1-3H3,(H,19,23). The Morgan fingerprint density at radius 1 is 1.28 bits per heavy atom. The maximum Gasteiger partial charge on any atom is 0.361 e. The molecule has 0 atom stereocenters. The molecule has 0 saturated carbocycles. The summed E-state index contributed by atoms with van der Waals surface area (Å²) in [6.07, 6.45) is 0.197. The summed E-state index contributed by atoms with van der Waals surface area (Å²) in [5.74, 6) is -1.19. The molecule has 0 aliphatic rings. The third kappa shape index (κ3) is 4.64. The Morgan fingerprint density at radius 3 is 2.72 bits per heavy atom. The van der Waals surface area contributed by atoms with E-state index in [9.17, 15) is 9.59 Å². The van der Waals surface area contributed by atoms with E-state index in [1.807, 2.05) is 38.1 Å². The monoisotopic (exact) mass is 341 g/mol. The second-order valence-electron chi connectivity index (χ2n) is 5.55. The van der Waals surface area contributed by atoms with Gasteiger partial charge in [0.05, 0.1) is 23.9 Å². The molecule has 0 saturated heterocycles. The van der Waals surface area contributed by atoms with Crippen molar-refractivity contribution in [2.75, 3.05) is 13.2 Å². The number of aromatic nitrogens is 3.